The number of morpholine rings is 1. The number of benzene rings is 1. The highest BCUT2D eigenvalue weighted by atomic mass is 16.5. The summed E-state index contributed by atoms with van der Waals surface area (Å²) in [6.45, 7) is 13.1. The number of aliphatic imine (C=N–C) groups is 1. The first kappa shape index (κ1) is 22.6. The zero-order chi connectivity index (χ0) is 21.3. The third-order valence-electron chi connectivity index (χ3n) is 5.73. The Labute approximate surface area is 180 Å². The van der Waals surface area contributed by atoms with Gasteiger partial charge >= 0.3 is 0 Å². The van der Waals surface area contributed by atoms with Crippen LogP contribution < -0.4 is 10.6 Å². The minimum absolute atomic E-state index is 0.507. The van der Waals surface area contributed by atoms with Crippen molar-refractivity contribution in [1.29, 1.82) is 0 Å². The molecule has 2 N–H and O–H groups in total. The molecule has 0 radical (unpaired) electrons. The number of nitrogens with one attached hydrogen (secondary N) is 2. The average molecular weight is 415 g/mol. The smallest absolute Gasteiger partial charge is 0.191 e. The number of imidazole rings is 1. The Morgan fingerprint density at radius 2 is 1.97 bits per heavy atom. The molecule has 1 aliphatic heterocycles. The molecule has 1 saturated heterocycles. The molecule has 0 aliphatic carbocycles. The SMILES string of the molecule is CN=C(NCCCn1c(C)nc2ccccc21)NCC(CC(C)C)N1CCOCC1. The lowest BCUT2D eigenvalue weighted by molar-refractivity contribution is 0.0132. The van der Waals surface area contributed by atoms with Gasteiger partial charge in [0.15, 0.2) is 5.96 Å². The first-order valence-corrected chi connectivity index (χ1v) is 11.3. The van der Waals surface area contributed by atoms with Crippen LogP contribution in [0.25, 0.3) is 11.0 Å². The Bertz CT molecular complexity index is 809. The van der Waals surface area contributed by atoms with Crippen LogP contribution in [0.4, 0.5) is 0 Å². The molecule has 2 aromatic rings. The molecule has 1 atom stereocenters. The molecule has 30 heavy (non-hydrogen) atoms. The number of aromatic nitrogens is 2. The molecular weight excluding hydrogens is 376 g/mol. The number of guanidine groups is 1. The second kappa shape index (κ2) is 11.3. The quantitative estimate of drug-likeness (QED) is 0.375. The minimum Gasteiger partial charge on any atom is -0.379 e. The number of hydrogen-bond acceptors (Lipinski definition) is 4. The summed E-state index contributed by atoms with van der Waals surface area (Å²) < 4.78 is 7.82. The van der Waals surface area contributed by atoms with E-state index in [0.717, 1.165) is 69.7 Å². The lowest BCUT2D eigenvalue weighted by Crippen LogP contribution is -2.51. The van der Waals surface area contributed by atoms with Crippen molar-refractivity contribution in [1.82, 2.24) is 25.1 Å². The van der Waals surface area contributed by atoms with Gasteiger partial charge in [0, 0.05) is 45.8 Å². The van der Waals surface area contributed by atoms with E-state index in [-0.39, 0.29) is 0 Å². The fourth-order valence-electron chi connectivity index (χ4n) is 4.21. The van der Waals surface area contributed by atoms with Crippen LogP contribution in [0, 0.1) is 12.8 Å². The van der Waals surface area contributed by atoms with Crippen LogP contribution >= 0.6 is 0 Å². The Kier molecular flexibility index (Phi) is 8.51. The van der Waals surface area contributed by atoms with Gasteiger partial charge in [-0.05, 0) is 37.8 Å². The maximum absolute atomic E-state index is 5.53. The first-order chi connectivity index (χ1) is 14.6. The first-order valence-electron chi connectivity index (χ1n) is 11.3. The van der Waals surface area contributed by atoms with Gasteiger partial charge in [-0.1, -0.05) is 26.0 Å². The standard InChI is InChI=1S/C23H38N6O/c1-18(2)16-20(28-12-14-30-15-13-28)17-26-23(24-4)25-10-7-11-29-19(3)27-21-8-5-6-9-22(21)29/h5-6,8-9,18,20H,7,10-17H2,1-4H3,(H2,24,25,26). The Morgan fingerprint density at radius 1 is 1.20 bits per heavy atom. The van der Waals surface area contributed by atoms with Crippen molar-refractivity contribution in [3.05, 3.63) is 30.1 Å². The lowest BCUT2D eigenvalue weighted by Gasteiger charge is -2.35. The Balaban J connectivity index is 1.46. The molecule has 0 bridgehead atoms. The normalized spacial score (nSPS) is 16.9. The van der Waals surface area contributed by atoms with Gasteiger partial charge in [-0.25, -0.2) is 4.98 Å². The summed E-state index contributed by atoms with van der Waals surface area (Å²) in [6, 6.07) is 8.84. The molecule has 0 spiro atoms. The molecule has 1 aliphatic rings. The highest BCUT2D eigenvalue weighted by molar-refractivity contribution is 5.79. The highest BCUT2D eigenvalue weighted by Crippen LogP contribution is 2.16. The number of para-hydroxylation sites is 2. The van der Waals surface area contributed by atoms with Crippen molar-refractivity contribution in [2.75, 3.05) is 46.4 Å². The summed E-state index contributed by atoms with van der Waals surface area (Å²) in [5.41, 5.74) is 2.28. The predicted molar refractivity (Wildman–Crippen MR) is 124 cm³/mol. The largest absolute Gasteiger partial charge is 0.379 e. The van der Waals surface area contributed by atoms with Gasteiger partial charge < -0.3 is 19.9 Å². The fraction of sp³-hybridized carbons (Fsp3) is 0.652. The maximum Gasteiger partial charge on any atom is 0.191 e. The van der Waals surface area contributed by atoms with Crippen molar-refractivity contribution in [3.63, 3.8) is 0 Å². The van der Waals surface area contributed by atoms with Crippen LogP contribution in [0.2, 0.25) is 0 Å². The molecular formula is C23H38N6O. The van der Waals surface area contributed by atoms with Gasteiger partial charge in [0.1, 0.15) is 5.82 Å². The van der Waals surface area contributed by atoms with E-state index in [0.29, 0.717) is 12.0 Å². The molecule has 2 heterocycles. The molecule has 1 unspecified atom stereocenters. The summed E-state index contributed by atoms with van der Waals surface area (Å²) in [6.07, 6.45) is 2.19. The molecule has 3 rings (SSSR count). The van der Waals surface area contributed by atoms with Crippen LogP contribution in [0.5, 0.6) is 0 Å². The maximum atomic E-state index is 5.53. The number of fused-ring (bicyclic) bond motifs is 1. The molecule has 7 heteroatoms. The van der Waals surface area contributed by atoms with Crippen LogP contribution in [0.1, 0.15) is 32.5 Å². The van der Waals surface area contributed by atoms with Crippen LogP contribution in [-0.2, 0) is 11.3 Å². The van der Waals surface area contributed by atoms with E-state index in [2.05, 4.69) is 69.0 Å². The summed E-state index contributed by atoms with van der Waals surface area (Å²) in [5, 5.41) is 7.02. The van der Waals surface area contributed by atoms with Gasteiger partial charge in [0.25, 0.3) is 0 Å². The van der Waals surface area contributed by atoms with E-state index in [1.54, 1.807) is 0 Å². The van der Waals surface area contributed by atoms with Crippen LogP contribution in [-0.4, -0.2) is 72.9 Å². The van der Waals surface area contributed by atoms with Crippen molar-refractivity contribution in [2.45, 2.75) is 46.2 Å². The summed E-state index contributed by atoms with van der Waals surface area (Å²) in [7, 11) is 1.84. The highest BCUT2D eigenvalue weighted by Gasteiger charge is 2.22. The van der Waals surface area contributed by atoms with Crippen molar-refractivity contribution in [3.8, 4) is 0 Å². The molecule has 0 saturated carbocycles. The second-order valence-electron chi connectivity index (χ2n) is 8.46. The number of ether oxygens (including phenoxy) is 1. The monoisotopic (exact) mass is 414 g/mol. The van der Waals surface area contributed by atoms with E-state index < -0.39 is 0 Å². The van der Waals surface area contributed by atoms with Crippen molar-refractivity contribution < 1.29 is 4.74 Å². The molecule has 1 aromatic heterocycles. The summed E-state index contributed by atoms with van der Waals surface area (Å²) in [5.74, 6) is 2.62. The fourth-order valence-corrected chi connectivity index (χ4v) is 4.21. The third-order valence-corrected chi connectivity index (χ3v) is 5.73. The van der Waals surface area contributed by atoms with E-state index in [1.165, 1.54) is 11.9 Å². The second-order valence-corrected chi connectivity index (χ2v) is 8.46. The lowest BCUT2D eigenvalue weighted by atomic mass is 10.0. The summed E-state index contributed by atoms with van der Waals surface area (Å²) in [4.78, 5) is 11.6. The van der Waals surface area contributed by atoms with E-state index in [9.17, 15) is 0 Å². The summed E-state index contributed by atoms with van der Waals surface area (Å²) >= 11 is 0. The zero-order valence-corrected chi connectivity index (χ0v) is 19.0. The third kappa shape index (κ3) is 6.19. The van der Waals surface area contributed by atoms with Gasteiger partial charge in [0.2, 0.25) is 0 Å². The van der Waals surface area contributed by atoms with E-state index >= 15 is 0 Å². The number of nitrogens with zero attached hydrogens (tertiary/aromatic N) is 4. The minimum atomic E-state index is 0.507. The van der Waals surface area contributed by atoms with Gasteiger partial charge in [-0.2, -0.15) is 0 Å². The van der Waals surface area contributed by atoms with Gasteiger partial charge in [-0.15, -0.1) is 0 Å². The van der Waals surface area contributed by atoms with E-state index in [1.807, 2.05) is 13.1 Å². The van der Waals surface area contributed by atoms with Crippen molar-refractivity contribution >= 4 is 17.0 Å². The Hall–Kier alpha value is -2.12. The number of hydrogen-bond donors (Lipinski definition) is 2. The predicted octanol–water partition coefficient (Wildman–Crippen LogP) is 2.65. The van der Waals surface area contributed by atoms with Gasteiger partial charge in [0.05, 0.1) is 24.2 Å². The van der Waals surface area contributed by atoms with Crippen molar-refractivity contribution in [2.24, 2.45) is 10.9 Å². The van der Waals surface area contributed by atoms with Gasteiger partial charge in [-0.3, -0.25) is 9.89 Å². The molecule has 7 nitrogen and oxygen atoms in total. The molecule has 1 aromatic carbocycles. The van der Waals surface area contributed by atoms with Crippen LogP contribution in [0.3, 0.4) is 0 Å². The molecule has 1 fully saturated rings. The van der Waals surface area contributed by atoms with E-state index in [4.69, 9.17) is 4.74 Å². The Morgan fingerprint density at radius 3 is 2.70 bits per heavy atom. The van der Waals surface area contributed by atoms with Crippen LogP contribution in [0.15, 0.2) is 29.3 Å². The number of rotatable bonds is 9. The molecule has 166 valence electrons. The zero-order valence-electron chi connectivity index (χ0n) is 19.0. The average Bonchev–Trinajstić information content (AvgIpc) is 3.07. The molecule has 0 amide bonds. The number of aryl methyl sites for hydroxylation is 2. The topological polar surface area (TPSA) is 66.7 Å².